The maximum atomic E-state index is 11.8. The predicted octanol–water partition coefficient (Wildman–Crippen LogP) is 0.230. The van der Waals surface area contributed by atoms with Crippen LogP contribution in [0.5, 0.6) is 0 Å². The van der Waals surface area contributed by atoms with Crippen molar-refractivity contribution in [1.29, 1.82) is 0 Å². The lowest BCUT2D eigenvalue weighted by Crippen LogP contribution is -2.44. The topological polar surface area (TPSA) is 95.7 Å². The quantitative estimate of drug-likeness (QED) is 0.644. The van der Waals surface area contributed by atoms with E-state index in [2.05, 4.69) is 5.32 Å². The number of nitrogens with zero attached hydrogens (tertiary/aromatic N) is 1. The first-order chi connectivity index (χ1) is 8.06. The highest BCUT2D eigenvalue weighted by atomic mass is 16.4. The third-order valence-electron chi connectivity index (χ3n) is 3.15. The van der Waals surface area contributed by atoms with Gasteiger partial charge in [-0.05, 0) is 25.3 Å². The van der Waals surface area contributed by atoms with Crippen LogP contribution >= 0.6 is 0 Å². The van der Waals surface area contributed by atoms with E-state index in [0.717, 1.165) is 6.42 Å². The molecule has 6 nitrogen and oxygen atoms in total. The van der Waals surface area contributed by atoms with Gasteiger partial charge in [0.1, 0.15) is 0 Å². The zero-order valence-electron chi connectivity index (χ0n) is 10.2. The number of carbonyl (C=O) groups is 2. The maximum absolute atomic E-state index is 11.8. The van der Waals surface area contributed by atoms with Gasteiger partial charge in [-0.15, -0.1) is 0 Å². The highest BCUT2D eigenvalue weighted by Crippen LogP contribution is 2.15. The molecule has 4 N–H and O–H groups in total. The number of urea groups is 1. The Kier molecular flexibility index (Phi) is 5.21. The lowest BCUT2D eigenvalue weighted by atomic mass is 10.1. The number of aliphatic carboxylic acids is 1. The third-order valence-corrected chi connectivity index (χ3v) is 3.15. The van der Waals surface area contributed by atoms with Crippen molar-refractivity contribution in [2.24, 2.45) is 11.7 Å². The number of hydrogen-bond donors (Lipinski definition) is 3. The largest absolute Gasteiger partial charge is 0.481 e. The molecule has 0 aliphatic carbocycles. The van der Waals surface area contributed by atoms with Crippen molar-refractivity contribution in [2.75, 3.05) is 19.6 Å². The lowest BCUT2D eigenvalue weighted by Gasteiger charge is -2.21. The first-order valence-corrected chi connectivity index (χ1v) is 6.04. The fourth-order valence-corrected chi connectivity index (χ4v) is 1.98. The average Bonchev–Trinajstić information content (AvgIpc) is 2.75. The molecule has 1 aliphatic heterocycles. The number of rotatable bonds is 5. The number of carboxylic acids is 1. The van der Waals surface area contributed by atoms with Crippen molar-refractivity contribution in [3.8, 4) is 0 Å². The van der Waals surface area contributed by atoms with E-state index in [1.165, 1.54) is 0 Å². The summed E-state index contributed by atoms with van der Waals surface area (Å²) in [6, 6.07) is -0.467. The molecule has 2 atom stereocenters. The highest BCUT2D eigenvalue weighted by Gasteiger charge is 2.26. The summed E-state index contributed by atoms with van der Waals surface area (Å²) in [7, 11) is 0. The summed E-state index contributed by atoms with van der Waals surface area (Å²) in [5.74, 6) is -0.515. The second kappa shape index (κ2) is 6.44. The third kappa shape index (κ3) is 4.22. The number of amides is 2. The van der Waals surface area contributed by atoms with Gasteiger partial charge in [-0.25, -0.2) is 4.79 Å². The van der Waals surface area contributed by atoms with Gasteiger partial charge < -0.3 is 21.1 Å². The van der Waals surface area contributed by atoms with Gasteiger partial charge in [-0.2, -0.15) is 0 Å². The number of likely N-dealkylation sites (tertiary alicyclic amines) is 1. The summed E-state index contributed by atoms with van der Waals surface area (Å²) in [5.41, 5.74) is 5.55. The summed E-state index contributed by atoms with van der Waals surface area (Å²) in [4.78, 5) is 24.1. The van der Waals surface area contributed by atoms with Crippen LogP contribution in [-0.2, 0) is 4.79 Å². The molecule has 0 bridgehead atoms. The molecule has 2 unspecified atom stereocenters. The SMILES string of the molecule is CCC(CC(=O)O)NC(=O)N1CCC(CN)C1. The van der Waals surface area contributed by atoms with Crippen LogP contribution in [0.4, 0.5) is 4.79 Å². The summed E-state index contributed by atoms with van der Waals surface area (Å²) in [5, 5.41) is 11.4. The molecule has 0 spiro atoms. The lowest BCUT2D eigenvalue weighted by molar-refractivity contribution is -0.137. The number of nitrogens with one attached hydrogen (secondary N) is 1. The van der Waals surface area contributed by atoms with Crippen LogP contribution < -0.4 is 11.1 Å². The van der Waals surface area contributed by atoms with E-state index < -0.39 is 5.97 Å². The molecule has 6 heteroatoms. The Balaban J connectivity index is 2.40. The molecule has 0 aromatic heterocycles. The van der Waals surface area contributed by atoms with Gasteiger partial charge in [0.15, 0.2) is 0 Å². The Hall–Kier alpha value is -1.30. The van der Waals surface area contributed by atoms with Gasteiger partial charge in [-0.3, -0.25) is 4.79 Å². The van der Waals surface area contributed by atoms with Crippen LogP contribution in [0.15, 0.2) is 0 Å². The first-order valence-electron chi connectivity index (χ1n) is 6.04. The summed E-state index contributed by atoms with van der Waals surface area (Å²) in [6.07, 6.45) is 1.52. The van der Waals surface area contributed by atoms with Crippen LogP contribution in [-0.4, -0.2) is 47.7 Å². The van der Waals surface area contributed by atoms with Crippen molar-refractivity contribution in [1.82, 2.24) is 10.2 Å². The first kappa shape index (κ1) is 13.8. The Bertz CT molecular complexity index is 283. The molecule has 1 fully saturated rings. The molecule has 98 valence electrons. The highest BCUT2D eigenvalue weighted by molar-refractivity contribution is 5.76. The molecular weight excluding hydrogens is 222 g/mol. The minimum atomic E-state index is -0.890. The van der Waals surface area contributed by atoms with Crippen molar-refractivity contribution < 1.29 is 14.7 Å². The number of carbonyl (C=O) groups excluding carboxylic acids is 1. The molecule has 0 aromatic carbocycles. The standard InChI is InChI=1S/C11H21N3O3/c1-2-9(5-10(15)16)13-11(17)14-4-3-8(6-12)7-14/h8-9H,2-7,12H2,1H3,(H,13,17)(H,15,16). The zero-order valence-corrected chi connectivity index (χ0v) is 10.2. The van der Waals surface area contributed by atoms with Gasteiger partial charge in [0.25, 0.3) is 0 Å². The molecule has 1 rings (SSSR count). The monoisotopic (exact) mass is 243 g/mol. The summed E-state index contributed by atoms with van der Waals surface area (Å²) < 4.78 is 0. The molecule has 1 saturated heterocycles. The van der Waals surface area contributed by atoms with Gasteiger partial charge in [-0.1, -0.05) is 6.92 Å². The van der Waals surface area contributed by atoms with E-state index in [9.17, 15) is 9.59 Å². The second-order valence-electron chi connectivity index (χ2n) is 4.49. The molecular formula is C11H21N3O3. The van der Waals surface area contributed by atoms with Crippen LogP contribution in [0.3, 0.4) is 0 Å². The Morgan fingerprint density at radius 2 is 2.29 bits per heavy atom. The number of hydrogen-bond acceptors (Lipinski definition) is 3. The van der Waals surface area contributed by atoms with E-state index in [4.69, 9.17) is 10.8 Å². The van der Waals surface area contributed by atoms with Crippen LogP contribution in [0.1, 0.15) is 26.2 Å². The predicted molar refractivity (Wildman–Crippen MR) is 63.6 cm³/mol. The summed E-state index contributed by atoms with van der Waals surface area (Å²) in [6.45, 7) is 3.83. The van der Waals surface area contributed by atoms with Crippen LogP contribution in [0.2, 0.25) is 0 Å². The average molecular weight is 243 g/mol. The van der Waals surface area contributed by atoms with Gasteiger partial charge in [0, 0.05) is 19.1 Å². The van der Waals surface area contributed by atoms with E-state index >= 15 is 0 Å². The Labute approximate surface area is 101 Å². The van der Waals surface area contributed by atoms with Crippen LogP contribution in [0, 0.1) is 5.92 Å². The molecule has 0 radical (unpaired) electrons. The van der Waals surface area contributed by atoms with Gasteiger partial charge in [0.2, 0.25) is 0 Å². The van der Waals surface area contributed by atoms with Crippen molar-refractivity contribution >= 4 is 12.0 Å². The van der Waals surface area contributed by atoms with E-state index in [1.807, 2.05) is 6.92 Å². The maximum Gasteiger partial charge on any atom is 0.317 e. The van der Waals surface area contributed by atoms with E-state index in [0.29, 0.717) is 32.0 Å². The fourth-order valence-electron chi connectivity index (χ4n) is 1.98. The minimum Gasteiger partial charge on any atom is -0.481 e. The molecule has 17 heavy (non-hydrogen) atoms. The number of nitrogens with two attached hydrogens (primary N) is 1. The van der Waals surface area contributed by atoms with E-state index in [1.54, 1.807) is 4.90 Å². The molecule has 1 heterocycles. The van der Waals surface area contributed by atoms with Crippen LogP contribution in [0.25, 0.3) is 0 Å². The smallest absolute Gasteiger partial charge is 0.317 e. The van der Waals surface area contributed by atoms with Crippen molar-refractivity contribution in [3.05, 3.63) is 0 Å². The normalized spacial score (nSPS) is 21.3. The zero-order chi connectivity index (χ0) is 12.8. The fraction of sp³-hybridized carbons (Fsp3) is 0.818. The number of carboxylic acid groups (broad SMARTS) is 1. The summed E-state index contributed by atoms with van der Waals surface area (Å²) >= 11 is 0. The van der Waals surface area contributed by atoms with Crippen molar-refractivity contribution in [2.45, 2.75) is 32.2 Å². The second-order valence-corrected chi connectivity index (χ2v) is 4.49. The molecule has 0 aromatic rings. The molecule has 0 saturated carbocycles. The minimum absolute atomic E-state index is 0.0314. The Morgan fingerprint density at radius 1 is 1.59 bits per heavy atom. The van der Waals surface area contributed by atoms with Gasteiger partial charge in [0.05, 0.1) is 6.42 Å². The Morgan fingerprint density at radius 3 is 2.76 bits per heavy atom. The molecule has 2 amide bonds. The molecule has 1 aliphatic rings. The van der Waals surface area contributed by atoms with Crippen molar-refractivity contribution in [3.63, 3.8) is 0 Å². The van der Waals surface area contributed by atoms with Gasteiger partial charge >= 0.3 is 12.0 Å². The van der Waals surface area contributed by atoms with E-state index in [-0.39, 0.29) is 18.5 Å².